The molecule has 0 heterocycles. The summed E-state index contributed by atoms with van der Waals surface area (Å²) < 4.78 is 0. The van der Waals surface area contributed by atoms with Crippen molar-refractivity contribution in [1.29, 1.82) is 0 Å². The second-order valence-corrected chi connectivity index (χ2v) is 5.03. The van der Waals surface area contributed by atoms with Crippen LogP contribution in [-0.4, -0.2) is 41.6 Å². The summed E-state index contributed by atoms with van der Waals surface area (Å²) in [5.41, 5.74) is 0.599. The van der Waals surface area contributed by atoms with E-state index < -0.39 is 5.97 Å². The molecule has 1 aromatic carbocycles. The number of urea groups is 1. The Kier molecular flexibility index (Phi) is 6.03. The molecule has 1 aromatic rings. The van der Waals surface area contributed by atoms with Crippen LogP contribution in [0.2, 0.25) is 0 Å². The maximum Gasteiger partial charge on any atom is 0.325 e. The Bertz CT molecular complexity index is 446. The van der Waals surface area contributed by atoms with Gasteiger partial charge in [-0.3, -0.25) is 9.69 Å². The molecule has 5 heteroatoms. The van der Waals surface area contributed by atoms with Gasteiger partial charge in [-0.05, 0) is 25.0 Å². The first-order valence-corrected chi connectivity index (χ1v) is 6.79. The van der Waals surface area contributed by atoms with Gasteiger partial charge in [0.05, 0.1) is 0 Å². The van der Waals surface area contributed by atoms with Crippen molar-refractivity contribution in [3.05, 3.63) is 30.3 Å². The van der Waals surface area contributed by atoms with Gasteiger partial charge >= 0.3 is 12.0 Å². The molecule has 110 valence electrons. The molecule has 0 aromatic heterocycles. The monoisotopic (exact) mass is 278 g/mol. The molecule has 0 aliphatic heterocycles. The van der Waals surface area contributed by atoms with Gasteiger partial charge in [0, 0.05) is 18.8 Å². The van der Waals surface area contributed by atoms with Gasteiger partial charge in [0.1, 0.15) is 6.54 Å². The SMILES string of the molecule is CCN(CC(C)C)C(=O)N(CC(=O)O)c1ccccc1. The topological polar surface area (TPSA) is 60.9 Å². The smallest absolute Gasteiger partial charge is 0.325 e. The highest BCUT2D eigenvalue weighted by Gasteiger charge is 2.23. The highest BCUT2D eigenvalue weighted by atomic mass is 16.4. The quantitative estimate of drug-likeness (QED) is 0.870. The number of anilines is 1. The largest absolute Gasteiger partial charge is 0.480 e. The van der Waals surface area contributed by atoms with Crippen LogP contribution in [-0.2, 0) is 4.79 Å². The molecular formula is C15H22N2O3. The number of amides is 2. The standard InChI is InChI=1S/C15H22N2O3/c1-4-16(10-12(2)3)15(20)17(11-14(18)19)13-8-6-5-7-9-13/h5-9,12H,4,10-11H2,1-3H3,(H,18,19). The van der Waals surface area contributed by atoms with E-state index in [-0.39, 0.29) is 12.6 Å². The van der Waals surface area contributed by atoms with Crippen molar-refractivity contribution in [1.82, 2.24) is 4.90 Å². The molecule has 0 radical (unpaired) electrons. The Labute approximate surface area is 119 Å². The second kappa shape index (κ2) is 7.53. The number of nitrogens with zero attached hydrogens (tertiary/aromatic N) is 2. The Balaban J connectivity index is 2.98. The summed E-state index contributed by atoms with van der Waals surface area (Å²) >= 11 is 0. The van der Waals surface area contributed by atoms with E-state index in [2.05, 4.69) is 0 Å². The second-order valence-electron chi connectivity index (χ2n) is 5.03. The summed E-state index contributed by atoms with van der Waals surface area (Å²) in [6.45, 7) is 6.78. The first kappa shape index (κ1) is 16.0. The minimum Gasteiger partial charge on any atom is -0.480 e. The molecule has 1 rings (SSSR count). The first-order valence-electron chi connectivity index (χ1n) is 6.79. The Morgan fingerprint density at radius 2 is 1.80 bits per heavy atom. The molecule has 5 nitrogen and oxygen atoms in total. The van der Waals surface area contributed by atoms with E-state index in [1.54, 1.807) is 29.2 Å². The average Bonchev–Trinajstić information content (AvgIpc) is 2.42. The normalized spacial score (nSPS) is 10.4. The molecule has 0 spiro atoms. The minimum atomic E-state index is -1.03. The number of benzene rings is 1. The summed E-state index contributed by atoms with van der Waals surface area (Å²) in [7, 11) is 0. The number of carboxylic acid groups (broad SMARTS) is 1. The van der Waals surface area contributed by atoms with Crippen LogP contribution < -0.4 is 4.90 Å². The van der Waals surface area contributed by atoms with E-state index in [0.717, 1.165) is 0 Å². The Hall–Kier alpha value is -2.04. The molecule has 1 N–H and O–H groups in total. The fraction of sp³-hybridized carbons (Fsp3) is 0.467. The van der Waals surface area contributed by atoms with Gasteiger partial charge in [0.15, 0.2) is 0 Å². The summed E-state index contributed by atoms with van der Waals surface area (Å²) in [6.07, 6.45) is 0. The molecular weight excluding hydrogens is 256 g/mol. The predicted octanol–water partition coefficient (Wildman–Crippen LogP) is 2.68. The van der Waals surface area contributed by atoms with E-state index in [1.807, 2.05) is 26.8 Å². The maximum absolute atomic E-state index is 12.5. The van der Waals surface area contributed by atoms with Crippen LogP contribution in [0.15, 0.2) is 30.3 Å². The number of hydrogen-bond donors (Lipinski definition) is 1. The lowest BCUT2D eigenvalue weighted by molar-refractivity contribution is -0.135. The lowest BCUT2D eigenvalue weighted by Gasteiger charge is -2.30. The van der Waals surface area contributed by atoms with E-state index in [4.69, 9.17) is 5.11 Å². The van der Waals surface area contributed by atoms with E-state index in [1.165, 1.54) is 4.90 Å². The summed E-state index contributed by atoms with van der Waals surface area (Å²) in [5.74, 6) is -0.691. The zero-order chi connectivity index (χ0) is 15.1. The fourth-order valence-corrected chi connectivity index (χ4v) is 1.97. The van der Waals surface area contributed by atoms with Gasteiger partial charge in [-0.25, -0.2) is 4.79 Å². The molecule has 0 bridgehead atoms. The lowest BCUT2D eigenvalue weighted by Crippen LogP contribution is -2.46. The number of rotatable bonds is 6. The van der Waals surface area contributed by atoms with Crippen molar-refractivity contribution < 1.29 is 14.7 Å². The summed E-state index contributed by atoms with van der Waals surface area (Å²) in [4.78, 5) is 26.5. The number of hydrogen-bond acceptors (Lipinski definition) is 2. The van der Waals surface area contributed by atoms with E-state index in [9.17, 15) is 9.59 Å². The number of carboxylic acids is 1. The minimum absolute atomic E-state index is 0.269. The van der Waals surface area contributed by atoms with Crippen molar-refractivity contribution in [2.75, 3.05) is 24.5 Å². The van der Waals surface area contributed by atoms with Crippen LogP contribution in [0.5, 0.6) is 0 Å². The molecule has 20 heavy (non-hydrogen) atoms. The summed E-state index contributed by atoms with van der Waals surface area (Å²) in [6, 6.07) is 8.62. The third kappa shape index (κ3) is 4.57. The van der Waals surface area contributed by atoms with Crippen molar-refractivity contribution in [3.63, 3.8) is 0 Å². The molecule has 0 aliphatic carbocycles. The van der Waals surface area contributed by atoms with E-state index in [0.29, 0.717) is 24.7 Å². The van der Waals surface area contributed by atoms with Gasteiger partial charge in [0.2, 0.25) is 0 Å². The average molecular weight is 278 g/mol. The van der Waals surface area contributed by atoms with Crippen LogP contribution >= 0.6 is 0 Å². The first-order chi connectivity index (χ1) is 9.45. The van der Waals surface area contributed by atoms with Gasteiger partial charge in [0.25, 0.3) is 0 Å². The van der Waals surface area contributed by atoms with Crippen LogP contribution in [0, 0.1) is 5.92 Å². The fourth-order valence-electron chi connectivity index (χ4n) is 1.97. The Morgan fingerprint density at radius 1 is 1.20 bits per heavy atom. The van der Waals surface area contributed by atoms with Crippen molar-refractivity contribution in [3.8, 4) is 0 Å². The maximum atomic E-state index is 12.5. The molecule has 0 saturated heterocycles. The molecule has 2 amide bonds. The molecule has 0 unspecified atom stereocenters. The van der Waals surface area contributed by atoms with Crippen LogP contribution in [0.1, 0.15) is 20.8 Å². The zero-order valence-electron chi connectivity index (χ0n) is 12.2. The van der Waals surface area contributed by atoms with Crippen LogP contribution in [0.4, 0.5) is 10.5 Å². The van der Waals surface area contributed by atoms with Crippen molar-refractivity contribution in [2.24, 2.45) is 5.92 Å². The molecule has 0 atom stereocenters. The van der Waals surface area contributed by atoms with Crippen LogP contribution in [0.25, 0.3) is 0 Å². The number of aliphatic carboxylic acids is 1. The van der Waals surface area contributed by atoms with Gasteiger partial charge in [-0.1, -0.05) is 32.0 Å². The zero-order valence-corrected chi connectivity index (χ0v) is 12.2. The van der Waals surface area contributed by atoms with Gasteiger partial charge < -0.3 is 10.0 Å². The van der Waals surface area contributed by atoms with Crippen molar-refractivity contribution in [2.45, 2.75) is 20.8 Å². The summed E-state index contributed by atoms with van der Waals surface area (Å²) in [5, 5.41) is 9.02. The van der Waals surface area contributed by atoms with E-state index >= 15 is 0 Å². The molecule has 0 aliphatic rings. The molecule has 0 fully saturated rings. The predicted molar refractivity (Wildman–Crippen MR) is 78.9 cm³/mol. The third-order valence-electron chi connectivity index (χ3n) is 2.83. The number of carbonyl (C=O) groups excluding carboxylic acids is 1. The number of carbonyl (C=O) groups is 2. The highest BCUT2D eigenvalue weighted by molar-refractivity contribution is 5.96. The highest BCUT2D eigenvalue weighted by Crippen LogP contribution is 2.16. The third-order valence-corrected chi connectivity index (χ3v) is 2.83. The van der Waals surface area contributed by atoms with Crippen LogP contribution in [0.3, 0.4) is 0 Å². The lowest BCUT2D eigenvalue weighted by atomic mass is 10.2. The van der Waals surface area contributed by atoms with Gasteiger partial charge in [-0.2, -0.15) is 0 Å². The Morgan fingerprint density at radius 3 is 2.25 bits per heavy atom. The number of para-hydroxylation sites is 1. The molecule has 0 saturated carbocycles. The van der Waals surface area contributed by atoms with Gasteiger partial charge in [-0.15, -0.1) is 0 Å². The van der Waals surface area contributed by atoms with Crippen molar-refractivity contribution >= 4 is 17.7 Å².